The molecule has 6 heterocycles. The van der Waals surface area contributed by atoms with E-state index in [0.717, 1.165) is 111 Å². The second-order valence-electron chi connectivity index (χ2n) is 20.0. The van der Waals surface area contributed by atoms with E-state index < -0.39 is 10.8 Å². The van der Waals surface area contributed by atoms with Crippen LogP contribution in [0.3, 0.4) is 0 Å². The molecular formula is C74H52N6. The summed E-state index contributed by atoms with van der Waals surface area (Å²) in [7, 11) is 0. The number of aromatic nitrogens is 6. The Balaban J connectivity index is 1.05. The molecule has 0 spiro atoms. The van der Waals surface area contributed by atoms with E-state index in [1.54, 1.807) is 0 Å². The Morgan fingerprint density at radius 3 is 0.350 bits per heavy atom. The van der Waals surface area contributed by atoms with E-state index in [0.29, 0.717) is 0 Å². The number of nitrogens with zero attached hydrogens (tertiary/aromatic N) is 6. The van der Waals surface area contributed by atoms with Crippen LogP contribution in [0, 0.1) is 0 Å². The van der Waals surface area contributed by atoms with Gasteiger partial charge in [0.1, 0.15) is 0 Å². The van der Waals surface area contributed by atoms with Crippen LogP contribution in [-0.2, 0) is 10.8 Å². The largest absolute Gasteiger partial charge is 0.265 e. The highest BCUT2D eigenvalue weighted by atomic mass is 14.6. The lowest BCUT2D eigenvalue weighted by Crippen LogP contribution is -2.33. The number of benzene rings is 7. The molecule has 0 saturated heterocycles. The van der Waals surface area contributed by atoms with Crippen molar-refractivity contribution in [1.29, 1.82) is 0 Å². The maximum atomic E-state index is 4.32. The van der Waals surface area contributed by atoms with Crippen LogP contribution in [0.1, 0.15) is 44.5 Å². The van der Waals surface area contributed by atoms with Crippen LogP contribution < -0.4 is 0 Å². The average molecular weight is 1030 g/mol. The Labute approximate surface area is 466 Å². The van der Waals surface area contributed by atoms with E-state index >= 15 is 0 Å². The Hall–Kier alpha value is -10.6. The SMILES string of the molecule is c1cc(-c2ccc(C(c3ccc(-c4ccncc4)cc3)(c3ccc(-c4ccncc4)cc3)c3ccc(C(c4ccc(-c5ccncc5)cc4)(c4ccc(-c5ccncc5)cc4)c4ccc(-c5ccncc5)cc4)cc3)cc2)ccn1. The molecule has 0 aliphatic heterocycles. The van der Waals surface area contributed by atoms with E-state index in [4.69, 9.17) is 0 Å². The molecule has 0 saturated carbocycles. The van der Waals surface area contributed by atoms with Crippen molar-refractivity contribution in [3.63, 3.8) is 0 Å². The smallest absolute Gasteiger partial charge is 0.0701 e. The molecular weight excluding hydrogens is 973 g/mol. The third kappa shape index (κ3) is 9.25. The first kappa shape index (κ1) is 49.0. The lowest BCUT2D eigenvalue weighted by atomic mass is 9.62. The lowest BCUT2D eigenvalue weighted by Gasteiger charge is -2.39. The molecule has 0 radical (unpaired) electrons. The zero-order valence-corrected chi connectivity index (χ0v) is 43.7. The van der Waals surface area contributed by atoms with E-state index in [-0.39, 0.29) is 0 Å². The van der Waals surface area contributed by atoms with Crippen molar-refractivity contribution in [2.75, 3.05) is 0 Å². The van der Waals surface area contributed by atoms with Gasteiger partial charge >= 0.3 is 0 Å². The van der Waals surface area contributed by atoms with Crippen molar-refractivity contribution in [3.05, 3.63) is 362 Å². The standard InChI is InChI=1S/C74H52N6/c1-13-65(14-2-53(1)59-29-41-75-42-30-59)73(66-15-3-54(4-16-66)60-31-43-76-44-32-60,67-17-5-55(6-18-67)61-33-45-77-46-34-61)71-25-27-72(28-26-71)74(68-19-7-56(8-20-68)62-35-47-78-48-36-62,69-21-9-57(10-22-69)63-37-49-79-50-38-63)70-23-11-58(12-24-70)64-39-51-80-52-40-64/h1-52H. The summed E-state index contributed by atoms with van der Waals surface area (Å²) in [5.41, 5.74) is 20.8. The molecule has 7 aromatic carbocycles. The molecule has 0 amide bonds. The van der Waals surface area contributed by atoms with Crippen molar-refractivity contribution in [3.8, 4) is 66.8 Å². The maximum Gasteiger partial charge on any atom is 0.0701 e. The Kier molecular flexibility index (Phi) is 13.4. The summed E-state index contributed by atoms with van der Waals surface area (Å²) >= 11 is 0. The summed E-state index contributed by atoms with van der Waals surface area (Å²) in [6, 6.07) is 88.9. The van der Waals surface area contributed by atoms with Crippen LogP contribution >= 0.6 is 0 Å². The molecule has 6 nitrogen and oxygen atoms in total. The van der Waals surface area contributed by atoms with Gasteiger partial charge in [0.2, 0.25) is 0 Å². The van der Waals surface area contributed by atoms with Crippen molar-refractivity contribution in [2.45, 2.75) is 10.8 Å². The Bertz CT molecular complexity index is 3440. The molecule has 13 aromatic rings. The molecule has 6 aromatic heterocycles. The minimum atomic E-state index is -0.796. The van der Waals surface area contributed by atoms with Crippen LogP contribution in [0.5, 0.6) is 0 Å². The van der Waals surface area contributed by atoms with Crippen molar-refractivity contribution < 1.29 is 0 Å². The first-order chi connectivity index (χ1) is 39.6. The van der Waals surface area contributed by atoms with Crippen LogP contribution in [0.2, 0.25) is 0 Å². The summed E-state index contributed by atoms with van der Waals surface area (Å²) in [4.78, 5) is 25.9. The molecule has 80 heavy (non-hydrogen) atoms. The molecule has 0 aliphatic carbocycles. The Morgan fingerprint density at radius 2 is 0.225 bits per heavy atom. The predicted molar refractivity (Wildman–Crippen MR) is 322 cm³/mol. The molecule has 0 bridgehead atoms. The quantitative estimate of drug-likeness (QED) is 0.101. The fourth-order valence-electron chi connectivity index (χ4n) is 11.7. The van der Waals surface area contributed by atoms with E-state index in [9.17, 15) is 0 Å². The van der Waals surface area contributed by atoms with Crippen LogP contribution in [0.15, 0.2) is 317 Å². The van der Waals surface area contributed by atoms with Gasteiger partial charge in [-0.2, -0.15) is 0 Å². The molecule has 0 unspecified atom stereocenters. The molecule has 0 fully saturated rings. The summed E-state index contributed by atoms with van der Waals surface area (Å²) < 4.78 is 0. The summed E-state index contributed by atoms with van der Waals surface area (Å²) in [5, 5.41) is 0. The van der Waals surface area contributed by atoms with Gasteiger partial charge in [-0.1, -0.05) is 170 Å². The zero-order chi connectivity index (χ0) is 53.6. The molecule has 0 N–H and O–H groups in total. The van der Waals surface area contributed by atoms with E-state index in [1.165, 1.54) is 0 Å². The maximum absolute atomic E-state index is 4.32. The van der Waals surface area contributed by atoms with E-state index in [2.05, 4.69) is 273 Å². The van der Waals surface area contributed by atoms with Crippen LogP contribution in [0.4, 0.5) is 0 Å². The van der Waals surface area contributed by atoms with Crippen molar-refractivity contribution in [2.24, 2.45) is 0 Å². The van der Waals surface area contributed by atoms with Gasteiger partial charge in [0, 0.05) is 74.4 Å². The molecule has 13 rings (SSSR count). The number of hydrogen-bond donors (Lipinski definition) is 0. The number of rotatable bonds is 14. The Morgan fingerprint density at radius 1 is 0.125 bits per heavy atom. The molecule has 6 heteroatoms. The topological polar surface area (TPSA) is 77.3 Å². The van der Waals surface area contributed by atoms with Gasteiger partial charge in [-0.05, 0) is 184 Å². The first-order valence-corrected chi connectivity index (χ1v) is 26.8. The highest BCUT2D eigenvalue weighted by Gasteiger charge is 2.42. The highest BCUT2D eigenvalue weighted by molar-refractivity contribution is 5.74. The van der Waals surface area contributed by atoms with Crippen LogP contribution in [0.25, 0.3) is 66.8 Å². The average Bonchev–Trinajstić information content (AvgIpc) is 3.65. The number of pyridine rings is 6. The third-order valence-corrected chi connectivity index (χ3v) is 15.7. The zero-order valence-electron chi connectivity index (χ0n) is 43.7. The van der Waals surface area contributed by atoms with Gasteiger partial charge in [-0.15, -0.1) is 0 Å². The fourth-order valence-corrected chi connectivity index (χ4v) is 11.7. The third-order valence-electron chi connectivity index (χ3n) is 15.7. The highest BCUT2D eigenvalue weighted by Crippen LogP contribution is 2.50. The number of hydrogen-bond acceptors (Lipinski definition) is 6. The van der Waals surface area contributed by atoms with Crippen LogP contribution in [-0.4, -0.2) is 29.9 Å². The van der Waals surface area contributed by atoms with Gasteiger partial charge in [-0.25, -0.2) is 0 Å². The first-order valence-electron chi connectivity index (χ1n) is 26.8. The van der Waals surface area contributed by atoms with Gasteiger partial charge in [0.25, 0.3) is 0 Å². The van der Waals surface area contributed by atoms with Gasteiger partial charge in [-0.3, -0.25) is 29.9 Å². The minimum absolute atomic E-state index is 0.796. The fraction of sp³-hybridized carbons (Fsp3) is 0.0270. The molecule has 0 aliphatic rings. The van der Waals surface area contributed by atoms with Gasteiger partial charge < -0.3 is 0 Å². The normalized spacial score (nSPS) is 11.5. The monoisotopic (exact) mass is 1020 g/mol. The van der Waals surface area contributed by atoms with E-state index in [1.807, 2.05) is 74.4 Å². The van der Waals surface area contributed by atoms with Gasteiger partial charge in [0.05, 0.1) is 10.8 Å². The molecule has 0 atom stereocenters. The summed E-state index contributed by atoms with van der Waals surface area (Å²) in [6.45, 7) is 0. The molecule has 378 valence electrons. The second kappa shape index (κ2) is 21.8. The lowest BCUT2D eigenvalue weighted by molar-refractivity contribution is 0.728. The summed E-state index contributed by atoms with van der Waals surface area (Å²) in [5.74, 6) is 0. The summed E-state index contributed by atoms with van der Waals surface area (Å²) in [6.07, 6.45) is 22.2. The van der Waals surface area contributed by atoms with Crippen molar-refractivity contribution in [1.82, 2.24) is 29.9 Å². The van der Waals surface area contributed by atoms with Crippen molar-refractivity contribution >= 4 is 0 Å². The van der Waals surface area contributed by atoms with Gasteiger partial charge in [0.15, 0.2) is 0 Å². The minimum Gasteiger partial charge on any atom is -0.265 e. The second-order valence-corrected chi connectivity index (χ2v) is 20.0. The predicted octanol–water partition coefficient (Wildman–Crippen LogP) is 16.8.